The number of methoxy groups -OCH3 is 1. The standard InChI is InChI=1S/C20H27NO3/c1-19(2)10-11-21(13-20(3)9-8-16(19)20)17(22)14-6-5-7-15(12-14)18(23)24-4/h5-7,12,16H,8-11,13H2,1-4H3/t16?,20-/m0/s1. The zero-order valence-electron chi connectivity index (χ0n) is 15.1. The molecule has 4 nitrogen and oxygen atoms in total. The number of rotatable bonds is 2. The van der Waals surface area contributed by atoms with Gasteiger partial charge in [0.05, 0.1) is 12.7 Å². The van der Waals surface area contributed by atoms with E-state index in [0.29, 0.717) is 17.0 Å². The van der Waals surface area contributed by atoms with Gasteiger partial charge in [0.15, 0.2) is 0 Å². The Labute approximate surface area is 144 Å². The van der Waals surface area contributed by atoms with Gasteiger partial charge in [-0.2, -0.15) is 0 Å². The van der Waals surface area contributed by atoms with E-state index >= 15 is 0 Å². The van der Waals surface area contributed by atoms with Gasteiger partial charge >= 0.3 is 5.97 Å². The summed E-state index contributed by atoms with van der Waals surface area (Å²) in [4.78, 5) is 26.7. The van der Waals surface area contributed by atoms with E-state index in [9.17, 15) is 9.59 Å². The summed E-state index contributed by atoms with van der Waals surface area (Å²) in [6.45, 7) is 8.57. The Morgan fingerprint density at radius 2 is 1.88 bits per heavy atom. The van der Waals surface area contributed by atoms with Crippen LogP contribution in [0.2, 0.25) is 0 Å². The van der Waals surface area contributed by atoms with Crippen molar-refractivity contribution in [3.05, 3.63) is 35.4 Å². The predicted molar refractivity (Wildman–Crippen MR) is 92.9 cm³/mol. The third-order valence-corrected chi connectivity index (χ3v) is 6.18. The number of fused-ring (bicyclic) bond motifs is 1. The van der Waals surface area contributed by atoms with Crippen LogP contribution in [-0.2, 0) is 4.74 Å². The molecule has 2 aliphatic rings. The van der Waals surface area contributed by atoms with Crippen LogP contribution in [0.5, 0.6) is 0 Å². The Morgan fingerprint density at radius 3 is 2.50 bits per heavy atom. The van der Waals surface area contributed by atoms with Crippen molar-refractivity contribution in [1.29, 1.82) is 0 Å². The predicted octanol–water partition coefficient (Wildman–Crippen LogP) is 3.76. The van der Waals surface area contributed by atoms with Gasteiger partial charge in [0.25, 0.3) is 5.91 Å². The number of benzene rings is 1. The van der Waals surface area contributed by atoms with Gasteiger partial charge in [-0.15, -0.1) is 0 Å². The molecule has 0 radical (unpaired) electrons. The lowest BCUT2D eigenvalue weighted by Crippen LogP contribution is -2.49. The van der Waals surface area contributed by atoms with Crippen LogP contribution in [0.15, 0.2) is 24.3 Å². The van der Waals surface area contributed by atoms with Crippen molar-refractivity contribution in [2.24, 2.45) is 16.7 Å². The van der Waals surface area contributed by atoms with Crippen LogP contribution in [0, 0.1) is 16.7 Å². The molecule has 0 spiro atoms. The molecule has 1 aliphatic heterocycles. The normalized spacial score (nSPS) is 28.3. The Balaban J connectivity index is 1.84. The van der Waals surface area contributed by atoms with Crippen molar-refractivity contribution >= 4 is 11.9 Å². The van der Waals surface area contributed by atoms with E-state index in [0.717, 1.165) is 19.5 Å². The Bertz CT molecular complexity index is 667. The average molecular weight is 329 g/mol. The second-order valence-electron chi connectivity index (χ2n) is 8.28. The summed E-state index contributed by atoms with van der Waals surface area (Å²) in [7, 11) is 1.35. The van der Waals surface area contributed by atoms with Gasteiger partial charge in [-0.1, -0.05) is 26.8 Å². The van der Waals surface area contributed by atoms with E-state index in [4.69, 9.17) is 4.74 Å². The van der Waals surface area contributed by atoms with Gasteiger partial charge in [-0.3, -0.25) is 4.79 Å². The Morgan fingerprint density at radius 1 is 1.17 bits per heavy atom. The molecular formula is C20H27NO3. The number of esters is 1. The summed E-state index contributed by atoms with van der Waals surface area (Å²) in [5, 5.41) is 0. The summed E-state index contributed by atoms with van der Waals surface area (Å²) in [5.41, 5.74) is 1.48. The zero-order chi connectivity index (χ0) is 17.5. The average Bonchev–Trinajstić information content (AvgIpc) is 2.61. The first-order chi connectivity index (χ1) is 11.3. The lowest BCUT2D eigenvalue weighted by molar-refractivity contribution is -0.0353. The molecule has 3 rings (SSSR count). The SMILES string of the molecule is COC(=O)c1cccc(C(=O)N2CCC(C)(C)C3CC[C@@]3(C)C2)c1. The van der Waals surface area contributed by atoms with E-state index in [1.165, 1.54) is 20.0 Å². The zero-order valence-corrected chi connectivity index (χ0v) is 15.1. The molecule has 1 heterocycles. The van der Waals surface area contributed by atoms with Crippen molar-refractivity contribution in [3.8, 4) is 0 Å². The van der Waals surface area contributed by atoms with Gasteiger partial charge in [0.2, 0.25) is 0 Å². The number of ether oxygens (including phenoxy) is 1. The maximum Gasteiger partial charge on any atom is 0.337 e. The van der Waals surface area contributed by atoms with E-state index in [-0.39, 0.29) is 16.7 Å². The summed E-state index contributed by atoms with van der Waals surface area (Å²) in [5.74, 6) is 0.294. The van der Waals surface area contributed by atoms with Gasteiger partial charge in [0, 0.05) is 18.7 Å². The lowest BCUT2D eigenvalue weighted by atomic mass is 9.52. The lowest BCUT2D eigenvalue weighted by Gasteiger charge is -2.53. The summed E-state index contributed by atoms with van der Waals surface area (Å²) in [6.07, 6.45) is 3.48. The third kappa shape index (κ3) is 2.83. The first-order valence-electron chi connectivity index (χ1n) is 8.74. The molecule has 1 aromatic carbocycles. The molecule has 1 aliphatic carbocycles. The molecule has 1 aromatic rings. The third-order valence-electron chi connectivity index (χ3n) is 6.18. The van der Waals surface area contributed by atoms with Crippen LogP contribution in [0.3, 0.4) is 0 Å². The molecule has 130 valence electrons. The maximum atomic E-state index is 13.0. The fraction of sp³-hybridized carbons (Fsp3) is 0.600. The number of hydrogen-bond acceptors (Lipinski definition) is 3. The van der Waals surface area contributed by atoms with Crippen LogP contribution in [-0.4, -0.2) is 37.0 Å². The molecular weight excluding hydrogens is 302 g/mol. The smallest absolute Gasteiger partial charge is 0.337 e. The molecule has 24 heavy (non-hydrogen) atoms. The molecule has 0 aromatic heterocycles. The molecule has 4 heteroatoms. The van der Waals surface area contributed by atoms with Crippen LogP contribution in [0.1, 0.15) is 60.7 Å². The molecule has 1 saturated carbocycles. The monoisotopic (exact) mass is 329 g/mol. The van der Waals surface area contributed by atoms with E-state index in [2.05, 4.69) is 20.8 Å². The molecule has 1 unspecified atom stereocenters. The van der Waals surface area contributed by atoms with Gasteiger partial charge in [0.1, 0.15) is 0 Å². The number of amides is 1. The van der Waals surface area contributed by atoms with E-state index in [1.54, 1.807) is 24.3 Å². The fourth-order valence-corrected chi connectivity index (χ4v) is 4.67. The van der Waals surface area contributed by atoms with Crippen molar-refractivity contribution < 1.29 is 14.3 Å². The first-order valence-corrected chi connectivity index (χ1v) is 8.74. The van der Waals surface area contributed by atoms with Crippen molar-refractivity contribution in [3.63, 3.8) is 0 Å². The molecule has 1 saturated heterocycles. The van der Waals surface area contributed by atoms with Crippen molar-refractivity contribution in [2.45, 2.75) is 40.0 Å². The number of carbonyl (C=O) groups is 2. The maximum absolute atomic E-state index is 13.0. The quantitative estimate of drug-likeness (QED) is 0.776. The highest BCUT2D eigenvalue weighted by atomic mass is 16.5. The minimum Gasteiger partial charge on any atom is -0.465 e. The number of carbonyl (C=O) groups excluding carboxylic acids is 2. The van der Waals surface area contributed by atoms with Crippen molar-refractivity contribution in [1.82, 2.24) is 4.90 Å². The fourth-order valence-electron chi connectivity index (χ4n) is 4.67. The highest BCUT2D eigenvalue weighted by Gasteiger charge is 2.52. The van der Waals surface area contributed by atoms with Gasteiger partial charge < -0.3 is 9.64 Å². The van der Waals surface area contributed by atoms with Crippen LogP contribution >= 0.6 is 0 Å². The van der Waals surface area contributed by atoms with Crippen LogP contribution in [0.4, 0.5) is 0 Å². The van der Waals surface area contributed by atoms with Gasteiger partial charge in [-0.25, -0.2) is 4.79 Å². The van der Waals surface area contributed by atoms with Crippen LogP contribution < -0.4 is 0 Å². The first kappa shape index (κ1) is 17.0. The Hall–Kier alpha value is -1.84. The topological polar surface area (TPSA) is 46.6 Å². The minimum atomic E-state index is -0.410. The van der Waals surface area contributed by atoms with Crippen LogP contribution in [0.25, 0.3) is 0 Å². The number of nitrogens with zero attached hydrogens (tertiary/aromatic N) is 1. The molecule has 0 N–H and O–H groups in total. The second kappa shape index (κ2) is 5.91. The Kier molecular flexibility index (Phi) is 4.18. The van der Waals surface area contributed by atoms with Crippen molar-refractivity contribution in [2.75, 3.05) is 20.2 Å². The number of likely N-dealkylation sites (tertiary alicyclic amines) is 1. The highest BCUT2D eigenvalue weighted by molar-refractivity contribution is 5.98. The minimum absolute atomic E-state index is 0.0188. The van der Waals surface area contributed by atoms with E-state index in [1.807, 2.05) is 4.90 Å². The number of hydrogen-bond donors (Lipinski definition) is 0. The highest BCUT2D eigenvalue weighted by Crippen LogP contribution is 2.57. The summed E-state index contributed by atoms with van der Waals surface area (Å²) >= 11 is 0. The molecule has 1 amide bonds. The second-order valence-corrected chi connectivity index (χ2v) is 8.28. The van der Waals surface area contributed by atoms with E-state index < -0.39 is 5.97 Å². The largest absolute Gasteiger partial charge is 0.465 e. The summed E-state index contributed by atoms with van der Waals surface area (Å²) < 4.78 is 4.76. The van der Waals surface area contributed by atoms with Gasteiger partial charge in [-0.05, 0) is 54.2 Å². The molecule has 0 bridgehead atoms. The summed E-state index contributed by atoms with van der Waals surface area (Å²) in [6, 6.07) is 6.85. The molecule has 2 atom stereocenters. The molecule has 2 fully saturated rings.